The molecular weight excluding hydrogens is 498 g/mol. The Balaban J connectivity index is 1.57. The van der Waals surface area contributed by atoms with Gasteiger partial charge in [-0.15, -0.1) is 0 Å². The quantitative estimate of drug-likeness (QED) is 0.146. The van der Waals surface area contributed by atoms with E-state index in [0.29, 0.717) is 43.0 Å². The highest BCUT2D eigenvalue weighted by Crippen LogP contribution is 2.37. The summed E-state index contributed by atoms with van der Waals surface area (Å²) in [4.78, 5) is 13.1. The summed E-state index contributed by atoms with van der Waals surface area (Å²) < 4.78 is 35.7. The summed E-state index contributed by atoms with van der Waals surface area (Å²) in [5, 5.41) is 9.58. The van der Waals surface area contributed by atoms with Gasteiger partial charge in [0.05, 0.1) is 10.9 Å². The number of H-pyrrole nitrogens is 1. The van der Waals surface area contributed by atoms with Crippen molar-refractivity contribution in [3.63, 3.8) is 0 Å². The first-order chi connectivity index (χ1) is 18.9. The maximum absolute atomic E-state index is 15.5. The largest absolute Gasteiger partial charge is 0.492 e. The molecule has 0 saturated heterocycles. The summed E-state index contributed by atoms with van der Waals surface area (Å²) in [5.41, 5.74) is 3.94. The Morgan fingerprint density at radius 3 is 2.49 bits per heavy atom. The summed E-state index contributed by atoms with van der Waals surface area (Å²) in [7, 11) is 3.41. The van der Waals surface area contributed by atoms with Crippen molar-refractivity contribution in [2.45, 2.75) is 13.3 Å². The molecule has 1 heterocycles. The van der Waals surface area contributed by atoms with Crippen molar-refractivity contribution in [2.75, 3.05) is 33.8 Å². The van der Waals surface area contributed by atoms with Gasteiger partial charge in [0.15, 0.2) is 0 Å². The Bertz CT molecular complexity index is 1480. The normalized spacial score (nSPS) is 12.1. The lowest BCUT2D eigenvalue weighted by molar-refractivity contribution is -0.123. The Labute approximate surface area is 227 Å². The second-order valence-corrected chi connectivity index (χ2v) is 9.17. The van der Waals surface area contributed by atoms with E-state index in [2.05, 4.69) is 15.5 Å². The highest BCUT2D eigenvalue weighted by molar-refractivity contribution is 6.00. The van der Waals surface area contributed by atoms with Gasteiger partial charge >= 0.3 is 0 Å². The van der Waals surface area contributed by atoms with Gasteiger partial charge in [-0.05, 0) is 46.9 Å². The van der Waals surface area contributed by atoms with Crippen LogP contribution in [0.25, 0.3) is 22.0 Å². The van der Waals surface area contributed by atoms with E-state index in [4.69, 9.17) is 4.74 Å². The molecule has 3 aromatic carbocycles. The monoisotopic (exact) mass is 530 g/mol. The maximum atomic E-state index is 15.5. The van der Waals surface area contributed by atoms with Crippen LogP contribution in [0.5, 0.6) is 5.75 Å². The topological polar surface area (TPSA) is 70.2 Å². The smallest absolute Gasteiger partial charge is 0.245 e. The molecular formula is C31H32F2N4O2. The molecule has 0 unspecified atom stereocenters. The molecule has 4 aromatic rings. The van der Waals surface area contributed by atoms with Crippen molar-refractivity contribution in [3.05, 3.63) is 107 Å². The SMILES string of the molecule is CCC(=C(c1ccc(OCCNCC=CC(=O)N(C)C)cc1)c1cc2c(F)[nH]nc2cc1F)c1ccccc1. The van der Waals surface area contributed by atoms with Crippen molar-refractivity contribution in [1.29, 1.82) is 0 Å². The van der Waals surface area contributed by atoms with E-state index < -0.39 is 11.8 Å². The number of carbonyl (C=O) groups is 1. The molecule has 6 nitrogen and oxygen atoms in total. The average molecular weight is 531 g/mol. The molecule has 0 aliphatic rings. The molecule has 0 saturated carbocycles. The van der Waals surface area contributed by atoms with Gasteiger partial charge in [0.1, 0.15) is 18.2 Å². The molecule has 0 bridgehead atoms. The number of rotatable bonds is 11. The van der Waals surface area contributed by atoms with Gasteiger partial charge in [-0.2, -0.15) is 9.49 Å². The Hall–Kier alpha value is -4.30. The molecule has 1 aromatic heterocycles. The number of likely N-dealkylation sites (N-methyl/N-ethyl adjacent to an activating group) is 1. The number of nitrogens with one attached hydrogen (secondary N) is 2. The minimum absolute atomic E-state index is 0.0604. The zero-order valence-corrected chi connectivity index (χ0v) is 22.3. The highest BCUT2D eigenvalue weighted by atomic mass is 19.1. The van der Waals surface area contributed by atoms with Crippen molar-refractivity contribution >= 4 is 28.0 Å². The number of ether oxygens (including phenoxy) is 1. The highest BCUT2D eigenvalue weighted by Gasteiger charge is 2.19. The number of aromatic nitrogens is 2. The maximum Gasteiger partial charge on any atom is 0.245 e. The molecule has 0 aliphatic heterocycles. The number of hydrogen-bond donors (Lipinski definition) is 2. The van der Waals surface area contributed by atoms with Gasteiger partial charge in [0, 0.05) is 44.9 Å². The standard InChI is InChI=1S/C31H32F2N4O2/c1-4-24(21-9-6-5-7-10-21)30(25-19-26-28(20-27(25)32)35-36-31(26)33)22-12-14-23(15-13-22)39-18-17-34-16-8-11-29(38)37(2)3/h5-15,19-20,34H,4,16-18H2,1-3H3,(H,35,36). The van der Waals surface area contributed by atoms with E-state index in [9.17, 15) is 9.18 Å². The van der Waals surface area contributed by atoms with Crippen LogP contribution in [0.4, 0.5) is 8.78 Å². The van der Waals surface area contributed by atoms with Crippen molar-refractivity contribution in [3.8, 4) is 5.75 Å². The van der Waals surface area contributed by atoms with Gasteiger partial charge in [-0.3, -0.25) is 9.89 Å². The van der Waals surface area contributed by atoms with Crippen molar-refractivity contribution in [1.82, 2.24) is 20.4 Å². The molecule has 0 atom stereocenters. The number of carbonyl (C=O) groups excluding carboxylic acids is 1. The summed E-state index contributed by atoms with van der Waals surface area (Å²) >= 11 is 0. The molecule has 0 aliphatic carbocycles. The van der Waals surface area contributed by atoms with E-state index in [-0.39, 0.29) is 16.8 Å². The first kappa shape index (κ1) is 27.7. The number of halogens is 2. The minimum Gasteiger partial charge on any atom is -0.492 e. The van der Waals surface area contributed by atoms with Gasteiger partial charge in [0.2, 0.25) is 11.9 Å². The van der Waals surface area contributed by atoms with E-state index >= 15 is 4.39 Å². The molecule has 4 rings (SSSR count). The number of nitrogens with zero attached hydrogens (tertiary/aromatic N) is 2. The fourth-order valence-corrected chi connectivity index (χ4v) is 4.30. The second kappa shape index (κ2) is 13.0. The van der Waals surface area contributed by atoms with E-state index in [1.54, 1.807) is 20.2 Å². The van der Waals surface area contributed by atoms with Crippen LogP contribution in [0.3, 0.4) is 0 Å². The first-order valence-corrected chi connectivity index (χ1v) is 12.8. The van der Waals surface area contributed by atoms with Crippen LogP contribution in [0.1, 0.15) is 30.0 Å². The third-order valence-electron chi connectivity index (χ3n) is 6.30. The molecule has 1 amide bonds. The average Bonchev–Trinajstić information content (AvgIpc) is 3.30. The van der Waals surface area contributed by atoms with Crippen LogP contribution in [0, 0.1) is 11.8 Å². The number of aromatic amines is 1. The van der Waals surface area contributed by atoms with Gasteiger partial charge in [-0.25, -0.2) is 4.39 Å². The minimum atomic E-state index is -0.597. The van der Waals surface area contributed by atoms with Crippen LogP contribution >= 0.6 is 0 Å². The van der Waals surface area contributed by atoms with Crippen LogP contribution in [0.2, 0.25) is 0 Å². The number of allylic oxidation sites excluding steroid dienone is 1. The lowest BCUT2D eigenvalue weighted by Gasteiger charge is -2.17. The third kappa shape index (κ3) is 6.78. The summed E-state index contributed by atoms with van der Waals surface area (Å²) in [6, 6.07) is 20.1. The zero-order chi connectivity index (χ0) is 27.8. The Kier molecular flexibility index (Phi) is 9.22. The van der Waals surface area contributed by atoms with Gasteiger partial charge in [-0.1, -0.05) is 55.5 Å². The van der Waals surface area contributed by atoms with Crippen LogP contribution in [-0.4, -0.2) is 54.8 Å². The van der Waals surface area contributed by atoms with Gasteiger partial charge < -0.3 is 15.0 Å². The van der Waals surface area contributed by atoms with Crippen LogP contribution < -0.4 is 10.1 Å². The predicted molar refractivity (Wildman–Crippen MR) is 151 cm³/mol. The molecule has 2 N–H and O–H groups in total. The lowest BCUT2D eigenvalue weighted by atomic mass is 9.87. The van der Waals surface area contributed by atoms with Crippen LogP contribution in [-0.2, 0) is 4.79 Å². The molecule has 202 valence electrons. The number of hydrogen-bond acceptors (Lipinski definition) is 4. The summed E-state index contributed by atoms with van der Waals surface area (Å²) in [6.45, 7) is 3.62. The fourth-order valence-electron chi connectivity index (χ4n) is 4.30. The van der Waals surface area contributed by atoms with E-state index in [1.807, 2.05) is 61.5 Å². The molecule has 8 heteroatoms. The first-order valence-electron chi connectivity index (χ1n) is 12.8. The molecule has 39 heavy (non-hydrogen) atoms. The van der Waals surface area contributed by atoms with Crippen molar-refractivity contribution < 1.29 is 18.3 Å². The molecule has 0 radical (unpaired) electrons. The molecule has 0 fully saturated rings. The number of benzene rings is 3. The van der Waals surface area contributed by atoms with E-state index in [0.717, 1.165) is 16.7 Å². The fraction of sp³-hybridized carbons (Fsp3) is 0.226. The van der Waals surface area contributed by atoms with Gasteiger partial charge in [0.25, 0.3) is 0 Å². The summed E-state index contributed by atoms with van der Waals surface area (Å²) in [5.74, 6) is -0.457. The van der Waals surface area contributed by atoms with Crippen molar-refractivity contribution in [2.24, 2.45) is 0 Å². The summed E-state index contributed by atoms with van der Waals surface area (Å²) in [6.07, 6.45) is 3.94. The van der Waals surface area contributed by atoms with E-state index in [1.165, 1.54) is 23.1 Å². The zero-order valence-electron chi connectivity index (χ0n) is 22.3. The Morgan fingerprint density at radius 1 is 1.05 bits per heavy atom. The van der Waals surface area contributed by atoms with Crippen LogP contribution in [0.15, 0.2) is 78.9 Å². The Morgan fingerprint density at radius 2 is 1.79 bits per heavy atom. The number of fused-ring (bicyclic) bond motifs is 1. The lowest BCUT2D eigenvalue weighted by Crippen LogP contribution is -2.22. The third-order valence-corrected chi connectivity index (χ3v) is 6.30. The molecule has 0 spiro atoms. The predicted octanol–water partition coefficient (Wildman–Crippen LogP) is 5.82. The number of amides is 1. The second-order valence-electron chi connectivity index (χ2n) is 9.17.